The zero-order valence-electron chi connectivity index (χ0n) is 16.0. The van der Waals surface area contributed by atoms with Gasteiger partial charge in [0.1, 0.15) is 5.69 Å². The molecule has 8 heteroatoms. The number of nitro groups is 1. The van der Waals surface area contributed by atoms with Gasteiger partial charge in [-0.05, 0) is 38.1 Å². The number of carbonyl (C=O) groups is 2. The Morgan fingerprint density at radius 3 is 2.46 bits per heavy atom. The quantitative estimate of drug-likeness (QED) is 0.508. The van der Waals surface area contributed by atoms with E-state index >= 15 is 0 Å². The van der Waals surface area contributed by atoms with Gasteiger partial charge in [-0.15, -0.1) is 0 Å². The lowest BCUT2D eigenvalue weighted by Gasteiger charge is -2.19. The number of hydrogen-bond acceptors (Lipinski definition) is 5. The van der Waals surface area contributed by atoms with Gasteiger partial charge in [-0.2, -0.15) is 0 Å². The number of carbonyl (C=O) groups excluding carboxylic acids is 2. The summed E-state index contributed by atoms with van der Waals surface area (Å²) in [6.45, 7) is 5.30. The topological polar surface area (TPSA) is 105 Å². The average molecular weight is 384 g/mol. The van der Waals surface area contributed by atoms with E-state index < -0.39 is 4.92 Å². The molecule has 0 fully saturated rings. The Balaban J connectivity index is 1.93. The Bertz CT molecular complexity index is 850. The fourth-order valence-corrected chi connectivity index (χ4v) is 2.74. The van der Waals surface area contributed by atoms with E-state index in [1.165, 1.54) is 6.07 Å². The highest BCUT2D eigenvalue weighted by molar-refractivity contribution is 5.97. The minimum Gasteiger partial charge on any atom is -0.379 e. The van der Waals surface area contributed by atoms with Gasteiger partial charge in [0.05, 0.1) is 4.92 Å². The highest BCUT2D eigenvalue weighted by atomic mass is 16.6. The molecule has 0 aliphatic rings. The molecule has 0 atom stereocenters. The molecule has 0 heterocycles. The lowest BCUT2D eigenvalue weighted by molar-refractivity contribution is -0.384. The number of nitrogens with zero attached hydrogens (tertiary/aromatic N) is 2. The summed E-state index contributed by atoms with van der Waals surface area (Å²) in [5.41, 5.74) is 1.38. The highest BCUT2D eigenvalue weighted by Crippen LogP contribution is 2.23. The Morgan fingerprint density at radius 1 is 1.07 bits per heavy atom. The monoisotopic (exact) mass is 384 g/mol. The molecule has 0 aromatic heterocycles. The molecule has 2 rings (SSSR count). The summed E-state index contributed by atoms with van der Waals surface area (Å²) in [4.78, 5) is 36.8. The summed E-state index contributed by atoms with van der Waals surface area (Å²) in [7, 11) is 0. The Morgan fingerprint density at radius 2 is 1.79 bits per heavy atom. The van der Waals surface area contributed by atoms with Gasteiger partial charge in [0.15, 0.2) is 0 Å². The summed E-state index contributed by atoms with van der Waals surface area (Å²) in [6, 6.07) is 13.1. The highest BCUT2D eigenvalue weighted by Gasteiger charge is 2.14. The molecule has 2 aromatic rings. The maximum Gasteiger partial charge on any atom is 0.292 e. The fourth-order valence-electron chi connectivity index (χ4n) is 2.74. The van der Waals surface area contributed by atoms with E-state index in [2.05, 4.69) is 10.6 Å². The van der Waals surface area contributed by atoms with Crippen molar-refractivity contribution in [2.75, 3.05) is 30.3 Å². The molecule has 2 amide bonds. The molecule has 0 spiro atoms. The van der Waals surface area contributed by atoms with Gasteiger partial charge in [-0.1, -0.05) is 18.2 Å². The predicted molar refractivity (Wildman–Crippen MR) is 109 cm³/mol. The molecule has 0 unspecified atom stereocenters. The van der Waals surface area contributed by atoms with Crippen molar-refractivity contribution in [1.29, 1.82) is 0 Å². The second-order valence-corrected chi connectivity index (χ2v) is 6.06. The molecule has 0 aliphatic carbocycles. The normalized spacial score (nSPS) is 10.2. The summed E-state index contributed by atoms with van der Waals surface area (Å²) >= 11 is 0. The third-order valence-corrected chi connectivity index (χ3v) is 4.21. The second-order valence-electron chi connectivity index (χ2n) is 6.06. The minimum atomic E-state index is -0.471. The second kappa shape index (κ2) is 10.1. The van der Waals surface area contributed by atoms with Crippen molar-refractivity contribution >= 4 is 28.9 Å². The van der Waals surface area contributed by atoms with E-state index in [9.17, 15) is 19.7 Å². The van der Waals surface area contributed by atoms with Crippen LogP contribution in [-0.4, -0.2) is 41.3 Å². The summed E-state index contributed by atoms with van der Waals surface area (Å²) in [6.07, 6.45) is 0.125. The van der Waals surface area contributed by atoms with Crippen LogP contribution >= 0.6 is 0 Å². The molecule has 8 nitrogen and oxygen atoms in total. The van der Waals surface area contributed by atoms with Crippen LogP contribution in [0.25, 0.3) is 0 Å². The SMILES string of the molecule is CCN(CC)C(=O)c1cccc(NC(=O)CCNc2ccccc2[N+](=O)[O-])c1. The van der Waals surface area contributed by atoms with Gasteiger partial charge >= 0.3 is 0 Å². The number of rotatable bonds is 9. The first-order valence-corrected chi connectivity index (χ1v) is 9.12. The third-order valence-electron chi connectivity index (χ3n) is 4.21. The zero-order valence-corrected chi connectivity index (χ0v) is 16.0. The van der Waals surface area contributed by atoms with Gasteiger partial charge in [0, 0.05) is 43.4 Å². The van der Waals surface area contributed by atoms with E-state index in [1.54, 1.807) is 47.4 Å². The Hall–Kier alpha value is -3.42. The first-order chi connectivity index (χ1) is 13.5. The molecule has 0 saturated heterocycles. The van der Waals surface area contributed by atoms with Crippen molar-refractivity contribution in [3.05, 3.63) is 64.2 Å². The van der Waals surface area contributed by atoms with Crippen LogP contribution in [0, 0.1) is 10.1 Å². The van der Waals surface area contributed by atoms with Crippen molar-refractivity contribution in [3.8, 4) is 0 Å². The third kappa shape index (κ3) is 5.54. The maximum atomic E-state index is 12.4. The van der Waals surface area contributed by atoms with E-state index in [0.29, 0.717) is 30.0 Å². The minimum absolute atomic E-state index is 0.0366. The molecule has 0 aliphatic heterocycles. The number of nitrogens with one attached hydrogen (secondary N) is 2. The molecule has 28 heavy (non-hydrogen) atoms. The summed E-state index contributed by atoms with van der Waals surface area (Å²) in [5, 5.41) is 16.7. The largest absolute Gasteiger partial charge is 0.379 e. The Labute approximate surface area is 163 Å². The first-order valence-electron chi connectivity index (χ1n) is 9.12. The summed E-state index contributed by atoms with van der Waals surface area (Å²) < 4.78 is 0. The molecule has 0 saturated carbocycles. The lowest BCUT2D eigenvalue weighted by Crippen LogP contribution is -2.30. The van der Waals surface area contributed by atoms with Gasteiger partial charge < -0.3 is 15.5 Å². The van der Waals surface area contributed by atoms with E-state index in [-0.39, 0.29) is 30.5 Å². The number of anilines is 2. The van der Waals surface area contributed by atoms with Crippen molar-refractivity contribution < 1.29 is 14.5 Å². The van der Waals surface area contributed by atoms with Crippen molar-refractivity contribution in [3.63, 3.8) is 0 Å². The number of hydrogen-bond donors (Lipinski definition) is 2. The fraction of sp³-hybridized carbons (Fsp3) is 0.300. The van der Waals surface area contributed by atoms with Gasteiger partial charge in [0.2, 0.25) is 5.91 Å². The van der Waals surface area contributed by atoms with Gasteiger partial charge in [0.25, 0.3) is 11.6 Å². The zero-order chi connectivity index (χ0) is 20.5. The molecule has 0 radical (unpaired) electrons. The van der Waals surface area contributed by atoms with Crippen molar-refractivity contribution in [2.45, 2.75) is 20.3 Å². The van der Waals surface area contributed by atoms with Crippen LogP contribution in [0.4, 0.5) is 17.1 Å². The van der Waals surface area contributed by atoms with Crippen molar-refractivity contribution in [2.24, 2.45) is 0 Å². The smallest absolute Gasteiger partial charge is 0.292 e. The Kier molecular flexibility index (Phi) is 7.50. The van der Waals surface area contributed by atoms with E-state index in [4.69, 9.17) is 0 Å². The first kappa shape index (κ1) is 20.9. The van der Waals surface area contributed by atoms with E-state index in [0.717, 1.165) is 0 Å². The molecular weight excluding hydrogens is 360 g/mol. The number of nitro benzene ring substituents is 1. The van der Waals surface area contributed by atoms with Crippen LogP contribution < -0.4 is 10.6 Å². The van der Waals surface area contributed by atoms with Gasteiger partial charge in [-0.25, -0.2) is 0 Å². The molecular formula is C20H24N4O4. The average Bonchev–Trinajstić information content (AvgIpc) is 2.69. The molecule has 2 N–H and O–H groups in total. The lowest BCUT2D eigenvalue weighted by atomic mass is 10.1. The van der Waals surface area contributed by atoms with E-state index in [1.807, 2.05) is 13.8 Å². The van der Waals surface area contributed by atoms with Crippen LogP contribution in [0.3, 0.4) is 0 Å². The maximum absolute atomic E-state index is 12.4. The van der Waals surface area contributed by atoms with Crippen LogP contribution in [0.15, 0.2) is 48.5 Å². The van der Waals surface area contributed by atoms with Gasteiger partial charge in [-0.3, -0.25) is 19.7 Å². The predicted octanol–water partition coefficient (Wildman–Crippen LogP) is 3.52. The van der Waals surface area contributed by atoms with Crippen LogP contribution in [0.1, 0.15) is 30.6 Å². The van der Waals surface area contributed by atoms with Crippen LogP contribution in [0.2, 0.25) is 0 Å². The van der Waals surface area contributed by atoms with Crippen LogP contribution in [-0.2, 0) is 4.79 Å². The summed E-state index contributed by atoms with van der Waals surface area (Å²) in [5.74, 6) is -0.335. The van der Waals surface area contributed by atoms with Crippen LogP contribution in [0.5, 0.6) is 0 Å². The number of benzene rings is 2. The standard InChI is InChI=1S/C20H24N4O4/c1-3-23(4-2)20(26)15-8-7-9-16(14-15)22-19(25)12-13-21-17-10-5-6-11-18(17)24(27)28/h5-11,14,21H,3-4,12-13H2,1-2H3,(H,22,25). The number of amides is 2. The number of para-hydroxylation sites is 2. The molecule has 2 aromatic carbocycles. The molecule has 0 bridgehead atoms. The van der Waals surface area contributed by atoms with Crippen molar-refractivity contribution in [1.82, 2.24) is 4.90 Å². The molecule has 148 valence electrons.